The van der Waals surface area contributed by atoms with Gasteiger partial charge in [-0.3, -0.25) is 0 Å². The van der Waals surface area contributed by atoms with Crippen LogP contribution >= 0.6 is 0 Å². The van der Waals surface area contributed by atoms with Crippen molar-refractivity contribution in [3.8, 4) is 40.2 Å². The number of nitrogens with zero attached hydrogens (tertiary/aromatic N) is 4. The van der Waals surface area contributed by atoms with E-state index in [1.165, 1.54) is 6.33 Å². The van der Waals surface area contributed by atoms with Crippen molar-refractivity contribution in [1.29, 1.82) is 5.26 Å². The average molecular weight is 447 g/mol. The molecule has 1 spiro atoms. The second-order valence-corrected chi connectivity index (χ2v) is 7.91. The van der Waals surface area contributed by atoms with Crippen LogP contribution in [-0.2, 0) is 10.3 Å². The third-order valence-corrected chi connectivity index (χ3v) is 5.90. The number of fused-ring (bicyclic) bond motifs is 4. The quantitative estimate of drug-likeness (QED) is 0.491. The lowest BCUT2D eigenvalue weighted by molar-refractivity contribution is 0.264. The summed E-state index contributed by atoms with van der Waals surface area (Å²) in [7, 11) is 0. The smallest absolute Gasteiger partial charge is 0.283 e. The zero-order valence-corrected chi connectivity index (χ0v) is 17.8. The van der Waals surface area contributed by atoms with Gasteiger partial charge >= 0.3 is 0 Å². The summed E-state index contributed by atoms with van der Waals surface area (Å²) in [6.45, 7) is 0.217. The Kier molecular flexibility index (Phi) is 4.42. The van der Waals surface area contributed by atoms with Crippen LogP contribution in [0.25, 0.3) is 11.1 Å². The normalized spacial score (nSPS) is 17.6. The van der Waals surface area contributed by atoms with E-state index in [2.05, 4.69) is 16.0 Å². The fourth-order valence-corrected chi connectivity index (χ4v) is 4.30. The molecular weight excluding hydrogens is 430 g/mol. The zero-order chi connectivity index (χ0) is 23.1. The first-order chi connectivity index (χ1) is 16.7. The zero-order valence-electron chi connectivity index (χ0n) is 17.8. The summed E-state index contributed by atoms with van der Waals surface area (Å²) in [5.74, 6) is 2.30. The van der Waals surface area contributed by atoms with Crippen LogP contribution < -0.4 is 15.2 Å². The van der Waals surface area contributed by atoms with Crippen LogP contribution in [-0.4, -0.2) is 22.6 Å². The first-order valence-corrected chi connectivity index (χ1v) is 10.5. The predicted molar refractivity (Wildman–Crippen MR) is 124 cm³/mol. The molecule has 0 saturated heterocycles. The lowest BCUT2D eigenvalue weighted by atomic mass is 9.80. The maximum atomic E-state index is 9.41. The molecule has 1 atom stereocenters. The molecule has 2 N–H and O–H groups in total. The van der Waals surface area contributed by atoms with Gasteiger partial charge in [0, 0.05) is 29.1 Å². The molecule has 1 aromatic heterocycles. The van der Waals surface area contributed by atoms with Gasteiger partial charge < -0.3 is 19.9 Å². The van der Waals surface area contributed by atoms with E-state index >= 15 is 0 Å². The Morgan fingerprint density at radius 1 is 0.941 bits per heavy atom. The van der Waals surface area contributed by atoms with E-state index in [1.807, 2.05) is 36.4 Å². The highest BCUT2D eigenvalue weighted by molar-refractivity contribution is 5.78. The van der Waals surface area contributed by atoms with E-state index in [0.29, 0.717) is 28.6 Å². The molecule has 4 aromatic rings. The number of hydrogen-bond acceptors (Lipinski definition) is 8. The van der Waals surface area contributed by atoms with Crippen molar-refractivity contribution in [2.75, 3.05) is 6.61 Å². The highest BCUT2D eigenvalue weighted by Crippen LogP contribution is 2.52. The minimum Gasteiger partial charge on any atom is -0.462 e. The van der Waals surface area contributed by atoms with Crippen molar-refractivity contribution in [2.45, 2.75) is 5.54 Å². The Bertz CT molecular complexity index is 1500. The van der Waals surface area contributed by atoms with E-state index < -0.39 is 5.54 Å². The van der Waals surface area contributed by atoms with Crippen molar-refractivity contribution in [1.82, 2.24) is 9.97 Å². The van der Waals surface area contributed by atoms with Crippen LogP contribution in [0.1, 0.15) is 16.7 Å². The molecule has 0 unspecified atom stereocenters. The summed E-state index contributed by atoms with van der Waals surface area (Å²) in [6, 6.07) is 20.7. The number of aromatic nitrogens is 2. The number of hydrogen-bond donors (Lipinski definition) is 1. The van der Waals surface area contributed by atoms with Crippen LogP contribution in [0.15, 0.2) is 84.4 Å². The third kappa shape index (κ3) is 3.11. The van der Waals surface area contributed by atoms with Gasteiger partial charge in [-0.2, -0.15) is 5.26 Å². The SMILES string of the molecule is N#Cc1ccccc1Oc1ccc2c(c1)[C@]1(COC(N)=N1)c1cc(-c3cncnc3)ccc1O2. The van der Waals surface area contributed by atoms with Crippen LogP contribution in [0.5, 0.6) is 23.0 Å². The lowest BCUT2D eigenvalue weighted by Crippen LogP contribution is -2.31. The van der Waals surface area contributed by atoms with Gasteiger partial charge in [-0.1, -0.05) is 18.2 Å². The highest BCUT2D eigenvalue weighted by Gasteiger charge is 2.47. The minimum atomic E-state index is -0.910. The molecule has 34 heavy (non-hydrogen) atoms. The summed E-state index contributed by atoms with van der Waals surface area (Å²) >= 11 is 0. The second kappa shape index (κ2) is 7.60. The maximum absolute atomic E-state index is 9.41. The van der Waals surface area contributed by atoms with Gasteiger partial charge in [0.1, 0.15) is 42.0 Å². The van der Waals surface area contributed by atoms with E-state index in [1.54, 1.807) is 36.7 Å². The molecule has 0 saturated carbocycles. The highest BCUT2D eigenvalue weighted by atomic mass is 16.5. The Morgan fingerprint density at radius 3 is 2.47 bits per heavy atom. The van der Waals surface area contributed by atoms with Crippen LogP contribution in [0.4, 0.5) is 0 Å². The van der Waals surface area contributed by atoms with Crippen molar-refractivity contribution < 1.29 is 14.2 Å². The van der Waals surface area contributed by atoms with Crippen LogP contribution in [0.3, 0.4) is 0 Å². The lowest BCUT2D eigenvalue weighted by Gasteiger charge is -2.34. The number of aliphatic imine (C=N–C) groups is 1. The van der Waals surface area contributed by atoms with Crippen LogP contribution in [0.2, 0.25) is 0 Å². The average Bonchev–Trinajstić information content (AvgIpc) is 3.27. The second-order valence-electron chi connectivity index (χ2n) is 7.91. The molecule has 0 fully saturated rings. The summed E-state index contributed by atoms with van der Waals surface area (Å²) < 4.78 is 18.0. The molecule has 3 heterocycles. The Morgan fingerprint density at radius 2 is 1.71 bits per heavy atom. The van der Waals surface area contributed by atoms with E-state index in [9.17, 15) is 5.26 Å². The number of ether oxygens (including phenoxy) is 3. The molecule has 0 bridgehead atoms. The minimum absolute atomic E-state index is 0.105. The molecular formula is C26H17N5O3. The first-order valence-electron chi connectivity index (χ1n) is 10.5. The van der Waals surface area contributed by atoms with Crippen molar-refractivity contribution >= 4 is 6.02 Å². The maximum Gasteiger partial charge on any atom is 0.283 e. The molecule has 0 aliphatic carbocycles. The standard InChI is InChI=1S/C26H17N5O3/c27-11-17-3-1-2-4-22(17)33-19-6-8-24-21(10-19)26(14-32-25(28)31-26)20-9-16(5-7-23(20)34-24)18-12-29-15-30-13-18/h1-10,12-13,15H,14H2,(H2,28,31)/t26-/m0/s1. The van der Waals surface area contributed by atoms with Gasteiger partial charge in [-0.05, 0) is 48.0 Å². The molecule has 0 radical (unpaired) electrons. The number of benzene rings is 3. The Labute approximate surface area is 194 Å². The Hall–Kier alpha value is -4.90. The van der Waals surface area contributed by atoms with Crippen LogP contribution in [0, 0.1) is 11.3 Å². The van der Waals surface area contributed by atoms with Gasteiger partial charge in [0.05, 0.1) is 5.56 Å². The largest absolute Gasteiger partial charge is 0.462 e. The number of nitrogens with two attached hydrogens (primary N) is 1. The topological polar surface area (TPSA) is 116 Å². The summed E-state index contributed by atoms with van der Waals surface area (Å²) in [5, 5.41) is 9.41. The molecule has 8 nitrogen and oxygen atoms in total. The van der Waals surface area contributed by atoms with Gasteiger partial charge in [-0.25, -0.2) is 15.0 Å². The molecule has 6 rings (SSSR count). The van der Waals surface area contributed by atoms with Crippen molar-refractivity contribution in [3.63, 3.8) is 0 Å². The first kappa shape index (κ1) is 19.8. The Balaban J connectivity index is 1.48. The van der Waals surface area contributed by atoms with Crippen molar-refractivity contribution in [2.24, 2.45) is 10.7 Å². The van der Waals surface area contributed by atoms with Gasteiger partial charge in [0.2, 0.25) is 0 Å². The molecule has 3 aromatic carbocycles. The summed E-state index contributed by atoms with van der Waals surface area (Å²) in [5.41, 5.74) is 8.90. The van der Waals surface area contributed by atoms with Gasteiger partial charge in [-0.15, -0.1) is 0 Å². The van der Waals surface area contributed by atoms with Crippen molar-refractivity contribution in [3.05, 3.63) is 96.1 Å². The summed E-state index contributed by atoms with van der Waals surface area (Å²) in [6.07, 6.45) is 4.99. The number of amidine groups is 1. The number of nitriles is 1. The molecule has 164 valence electrons. The van der Waals surface area contributed by atoms with E-state index in [-0.39, 0.29) is 12.6 Å². The fourth-order valence-electron chi connectivity index (χ4n) is 4.30. The fraction of sp³-hybridized carbons (Fsp3) is 0.0769. The predicted octanol–water partition coefficient (Wildman–Crippen LogP) is 4.50. The monoisotopic (exact) mass is 447 g/mol. The number of para-hydroxylation sites is 1. The molecule has 0 amide bonds. The van der Waals surface area contributed by atoms with E-state index in [0.717, 1.165) is 22.3 Å². The number of rotatable bonds is 3. The molecule has 8 heteroatoms. The molecule has 2 aliphatic heterocycles. The van der Waals surface area contributed by atoms with Gasteiger partial charge in [0.15, 0.2) is 5.54 Å². The van der Waals surface area contributed by atoms with Gasteiger partial charge in [0.25, 0.3) is 6.02 Å². The van der Waals surface area contributed by atoms with E-state index in [4.69, 9.17) is 24.9 Å². The molecule has 2 aliphatic rings. The summed E-state index contributed by atoms with van der Waals surface area (Å²) in [4.78, 5) is 13.0. The third-order valence-electron chi connectivity index (χ3n) is 5.90.